The minimum atomic E-state index is -0.701. The zero-order valence-corrected chi connectivity index (χ0v) is 8.47. The monoisotopic (exact) mass is 185 g/mol. The number of carboxylic acids is 1. The molecule has 0 aromatic heterocycles. The van der Waals surface area contributed by atoms with Gasteiger partial charge in [0.2, 0.25) is 0 Å². The van der Waals surface area contributed by atoms with E-state index in [-0.39, 0.29) is 12.0 Å². The average Bonchev–Trinajstić information content (AvgIpc) is 1.98. The lowest BCUT2D eigenvalue weighted by Crippen LogP contribution is -2.51. The number of hydrogen-bond donors (Lipinski definition) is 2. The first kappa shape index (κ1) is 10.5. The molecule has 3 heteroatoms. The SMILES string of the molecule is CC(CCC(=O)O)NC1(C)CCC1. The molecule has 1 saturated carbocycles. The summed E-state index contributed by atoms with van der Waals surface area (Å²) in [6, 6.07) is 0.321. The van der Waals surface area contributed by atoms with E-state index in [2.05, 4.69) is 19.2 Å². The molecule has 0 spiro atoms. The van der Waals surface area contributed by atoms with E-state index >= 15 is 0 Å². The molecule has 1 fully saturated rings. The van der Waals surface area contributed by atoms with Gasteiger partial charge in [-0.05, 0) is 39.5 Å². The lowest BCUT2D eigenvalue weighted by molar-refractivity contribution is -0.137. The highest BCUT2D eigenvalue weighted by atomic mass is 16.4. The van der Waals surface area contributed by atoms with Crippen molar-refractivity contribution in [2.75, 3.05) is 0 Å². The van der Waals surface area contributed by atoms with Crippen LogP contribution in [0.2, 0.25) is 0 Å². The molecule has 0 amide bonds. The van der Waals surface area contributed by atoms with Crippen LogP contribution in [0.25, 0.3) is 0 Å². The van der Waals surface area contributed by atoms with Crippen LogP contribution in [0.1, 0.15) is 46.0 Å². The molecule has 0 saturated heterocycles. The summed E-state index contributed by atoms with van der Waals surface area (Å²) < 4.78 is 0. The lowest BCUT2D eigenvalue weighted by atomic mass is 9.78. The van der Waals surface area contributed by atoms with Crippen molar-refractivity contribution in [3.63, 3.8) is 0 Å². The summed E-state index contributed by atoms with van der Waals surface area (Å²) in [5.41, 5.74) is 0.290. The zero-order valence-electron chi connectivity index (χ0n) is 8.47. The van der Waals surface area contributed by atoms with Gasteiger partial charge >= 0.3 is 5.97 Å². The Kier molecular flexibility index (Phi) is 3.31. The van der Waals surface area contributed by atoms with Gasteiger partial charge in [0.15, 0.2) is 0 Å². The minimum Gasteiger partial charge on any atom is -0.481 e. The van der Waals surface area contributed by atoms with Crippen molar-refractivity contribution in [1.82, 2.24) is 5.32 Å². The van der Waals surface area contributed by atoms with Gasteiger partial charge in [-0.2, -0.15) is 0 Å². The Morgan fingerprint density at radius 2 is 2.23 bits per heavy atom. The molecule has 1 rings (SSSR count). The fourth-order valence-electron chi connectivity index (χ4n) is 1.86. The van der Waals surface area contributed by atoms with Crippen molar-refractivity contribution in [1.29, 1.82) is 0 Å². The van der Waals surface area contributed by atoms with Crippen LogP contribution in [-0.2, 0) is 4.79 Å². The standard InChI is InChI=1S/C10H19NO2/c1-8(4-5-9(12)13)11-10(2)6-3-7-10/h8,11H,3-7H2,1-2H3,(H,12,13). The number of hydrogen-bond acceptors (Lipinski definition) is 2. The molecule has 0 aromatic rings. The van der Waals surface area contributed by atoms with Crippen molar-refractivity contribution < 1.29 is 9.90 Å². The van der Waals surface area contributed by atoms with E-state index in [0.29, 0.717) is 6.04 Å². The molecular weight excluding hydrogens is 166 g/mol. The highest BCUT2D eigenvalue weighted by molar-refractivity contribution is 5.66. The third-order valence-electron chi connectivity index (χ3n) is 2.84. The molecule has 0 aliphatic heterocycles. The number of carboxylic acid groups (broad SMARTS) is 1. The van der Waals surface area contributed by atoms with E-state index in [1.807, 2.05) is 0 Å². The summed E-state index contributed by atoms with van der Waals surface area (Å²) in [5.74, 6) is -0.701. The summed E-state index contributed by atoms with van der Waals surface area (Å²) >= 11 is 0. The highest BCUT2D eigenvalue weighted by Gasteiger charge is 2.32. The molecule has 0 radical (unpaired) electrons. The van der Waals surface area contributed by atoms with E-state index in [1.54, 1.807) is 0 Å². The van der Waals surface area contributed by atoms with Crippen molar-refractivity contribution >= 4 is 5.97 Å². The number of nitrogens with one attached hydrogen (secondary N) is 1. The maximum absolute atomic E-state index is 10.3. The fourth-order valence-corrected chi connectivity index (χ4v) is 1.86. The fraction of sp³-hybridized carbons (Fsp3) is 0.900. The van der Waals surface area contributed by atoms with Crippen LogP contribution in [-0.4, -0.2) is 22.7 Å². The van der Waals surface area contributed by atoms with Gasteiger partial charge in [-0.1, -0.05) is 0 Å². The highest BCUT2D eigenvalue weighted by Crippen LogP contribution is 2.31. The Morgan fingerprint density at radius 3 is 2.62 bits per heavy atom. The van der Waals surface area contributed by atoms with Gasteiger partial charge in [0.05, 0.1) is 0 Å². The van der Waals surface area contributed by atoms with Gasteiger partial charge < -0.3 is 10.4 Å². The third kappa shape index (κ3) is 3.35. The Balaban J connectivity index is 2.16. The summed E-state index contributed by atoms with van der Waals surface area (Å²) in [4.78, 5) is 10.3. The van der Waals surface area contributed by atoms with Gasteiger partial charge in [-0.3, -0.25) is 4.79 Å². The average molecular weight is 185 g/mol. The Hall–Kier alpha value is -0.570. The second-order valence-corrected chi connectivity index (χ2v) is 4.39. The van der Waals surface area contributed by atoms with Crippen molar-refractivity contribution in [2.45, 2.75) is 57.5 Å². The maximum Gasteiger partial charge on any atom is 0.303 e. The van der Waals surface area contributed by atoms with Gasteiger partial charge in [0.25, 0.3) is 0 Å². The summed E-state index contributed by atoms with van der Waals surface area (Å²) in [6.45, 7) is 4.28. The molecule has 76 valence electrons. The van der Waals surface area contributed by atoms with Gasteiger partial charge in [0.1, 0.15) is 0 Å². The molecule has 2 N–H and O–H groups in total. The summed E-state index contributed by atoms with van der Waals surface area (Å²) in [6.07, 6.45) is 4.75. The normalized spacial score (nSPS) is 22.0. The van der Waals surface area contributed by atoms with Crippen LogP contribution in [0, 0.1) is 0 Å². The zero-order chi connectivity index (χ0) is 9.90. The van der Waals surface area contributed by atoms with Crippen LogP contribution in [0.3, 0.4) is 0 Å². The molecule has 1 unspecified atom stereocenters. The van der Waals surface area contributed by atoms with Crippen LogP contribution in [0.5, 0.6) is 0 Å². The predicted molar refractivity (Wildman–Crippen MR) is 51.7 cm³/mol. The first-order valence-electron chi connectivity index (χ1n) is 5.01. The second kappa shape index (κ2) is 4.09. The molecule has 0 heterocycles. The molecule has 1 aliphatic rings. The van der Waals surface area contributed by atoms with Crippen LogP contribution in [0.15, 0.2) is 0 Å². The molecular formula is C10H19NO2. The molecule has 0 aromatic carbocycles. The second-order valence-electron chi connectivity index (χ2n) is 4.39. The number of aliphatic carboxylic acids is 1. The molecule has 0 bridgehead atoms. The Morgan fingerprint density at radius 1 is 1.62 bits per heavy atom. The summed E-state index contributed by atoms with van der Waals surface area (Å²) in [5, 5.41) is 12.0. The van der Waals surface area contributed by atoms with Crippen molar-refractivity contribution in [2.24, 2.45) is 0 Å². The first-order chi connectivity index (χ1) is 6.02. The summed E-state index contributed by atoms with van der Waals surface area (Å²) in [7, 11) is 0. The van der Waals surface area contributed by atoms with Crippen LogP contribution >= 0.6 is 0 Å². The maximum atomic E-state index is 10.3. The lowest BCUT2D eigenvalue weighted by Gasteiger charge is -2.41. The Bertz CT molecular complexity index is 187. The van der Waals surface area contributed by atoms with E-state index in [9.17, 15) is 4.79 Å². The first-order valence-corrected chi connectivity index (χ1v) is 5.01. The van der Waals surface area contributed by atoms with E-state index in [0.717, 1.165) is 6.42 Å². The third-order valence-corrected chi connectivity index (χ3v) is 2.84. The number of rotatable bonds is 5. The van der Waals surface area contributed by atoms with Gasteiger partial charge in [0, 0.05) is 18.0 Å². The Labute approximate surface area is 79.5 Å². The molecule has 3 nitrogen and oxygen atoms in total. The van der Waals surface area contributed by atoms with Crippen LogP contribution < -0.4 is 5.32 Å². The van der Waals surface area contributed by atoms with E-state index < -0.39 is 5.97 Å². The molecule has 1 atom stereocenters. The van der Waals surface area contributed by atoms with E-state index in [1.165, 1.54) is 19.3 Å². The van der Waals surface area contributed by atoms with Crippen LogP contribution in [0.4, 0.5) is 0 Å². The van der Waals surface area contributed by atoms with E-state index in [4.69, 9.17) is 5.11 Å². The molecule has 1 aliphatic carbocycles. The smallest absolute Gasteiger partial charge is 0.303 e. The van der Waals surface area contributed by atoms with Gasteiger partial charge in [-0.25, -0.2) is 0 Å². The largest absolute Gasteiger partial charge is 0.481 e. The minimum absolute atomic E-state index is 0.268. The molecule has 13 heavy (non-hydrogen) atoms. The number of carbonyl (C=O) groups is 1. The predicted octanol–water partition coefficient (Wildman–Crippen LogP) is 1.77. The van der Waals surface area contributed by atoms with Crippen molar-refractivity contribution in [3.8, 4) is 0 Å². The topological polar surface area (TPSA) is 49.3 Å². The quantitative estimate of drug-likeness (QED) is 0.686. The van der Waals surface area contributed by atoms with Crippen molar-refractivity contribution in [3.05, 3.63) is 0 Å². The van der Waals surface area contributed by atoms with Gasteiger partial charge in [-0.15, -0.1) is 0 Å².